The molecule has 0 bridgehead atoms. The van der Waals surface area contributed by atoms with Gasteiger partial charge in [-0.15, -0.1) is 0 Å². The van der Waals surface area contributed by atoms with Gasteiger partial charge in [0.1, 0.15) is 6.54 Å². The molecule has 3 heterocycles. The Balaban J connectivity index is 1.92. The van der Waals surface area contributed by atoms with Crippen molar-refractivity contribution >= 4 is 33.9 Å². The topological polar surface area (TPSA) is 108 Å². The van der Waals surface area contributed by atoms with Crippen LogP contribution in [0.1, 0.15) is 6.42 Å². The maximum atomic E-state index is 12.3. The van der Waals surface area contributed by atoms with Crippen molar-refractivity contribution in [2.45, 2.75) is 19.0 Å². The number of aromatic nitrogens is 4. The van der Waals surface area contributed by atoms with E-state index in [0.717, 1.165) is 4.57 Å². The summed E-state index contributed by atoms with van der Waals surface area (Å²) in [4.78, 5) is 51.8. The molecular formula is C13H15N5O4S. The molecule has 0 aromatic carbocycles. The molecule has 1 saturated heterocycles. The number of nitrogens with one attached hydrogen (secondary N) is 1. The molecule has 1 aliphatic rings. The molecule has 122 valence electrons. The van der Waals surface area contributed by atoms with Crippen LogP contribution in [0.5, 0.6) is 0 Å². The molecule has 1 N–H and O–H groups in total. The molecule has 0 unspecified atom stereocenters. The van der Waals surface area contributed by atoms with Crippen LogP contribution in [0.3, 0.4) is 0 Å². The number of thioether (sulfide) groups is 1. The minimum absolute atomic E-state index is 0.0489. The molecular weight excluding hydrogens is 322 g/mol. The lowest BCUT2D eigenvalue weighted by Crippen LogP contribution is -2.40. The Morgan fingerprint density at radius 3 is 2.74 bits per heavy atom. The lowest BCUT2D eigenvalue weighted by Gasteiger charge is -2.11. The van der Waals surface area contributed by atoms with Crippen LogP contribution in [0.4, 0.5) is 0 Å². The van der Waals surface area contributed by atoms with E-state index in [1.54, 1.807) is 0 Å². The Morgan fingerprint density at radius 1 is 1.35 bits per heavy atom. The van der Waals surface area contributed by atoms with Crippen molar-refractivity contribution in [3.63, 3.8) is 0 Å². The van der Waals surface area contributed by atoms with Crippen LogP contribution in [0.2, 0.25) is 0 Å². The highest BCUT2D eigenvalue weighted by molar-refractivity contribution is 8.14. The number of amides is 1. The summed E-state index contributed by atoms with van der Waals surface area (Å²) in [6.45, 7) is -0.140. The molecule has 10 heteroatoms. The number of hydrogen-bond donors (Lipinski definition) is 1. The summed E-state index contributed by atoms with van der Waals surface area (Å²) in [6, 6.07) is -0.477. The van der Waals surface area contributed by atoms with Gasteiger partial charge in [-0.2, -0.15) is 0 Å². The molecule has 1 atom stereocenters. The zero-order valence-corrected chi connectivity index (χ0v) is 13.4. The van der Waals surface area contributed by atoms with Crippen LogP contribution >= 0.6 is 11.8 Å². The third kappa shape index (κ3) is 2.58. The van der Waals surface area contributed by atoms with Crippen molar-refractivity contribution in [1.29, 1.82) is 0 Å². The summed E-state index contributed by atoms with van der Waals surface area (Å²) in [5.74, 6) is 0.321. The summed E-state index contributed by atoms with van der Waals surface area (Å²) in [5, 5.41) is 2.61. The van der Waals surface area contributed by atoms with E-state index in [1.807, 2.05) is 0 Å². The maximum absolute atomic E-state index is 12.3. The Hall–Kier alpha value is -2.36. The van der Waals surface area contributed by atoms with Gasteiger partial charge in [-0.25, -0.2) is 9.78 Å². The van der Waals surface area contributed by atoms with E-state index in [0.29, 0.717) is 12.2 Å². The van der Waals surface area contributed by atoms with Crippen molar-refractivity contribution in [3.8, 4) is 0 Å². The van der Waals surface area contributed by atoms with Crippen molar-refractivity contribution in [2.24, 2.45) is 14.1 Å². The van der Waals surface area contributed by atoms with Gasteiger partial charge >= 0.3 is 5.69 Å². The molecule has 1 aliphatic heterocycles. The molecule has 0 spiro atoms. The van der Waals surface area contributed by atoms with Crippen molar-refractivity contribution in [1.82, 2.24) is 24.0 Å². The van der Waals surface area contributed by atoms with Crippen LogP contribution < -0.4 is 16.6 Å². The van der Waals surface area contributed by atoms with Crippen LogP contribution in [0, 0.1) is 0 Å². The number of carbonyl (C=O) groups is 2. The molecule has 3 rings (SSSR count). The lowest BCUT2D eigenvalue weighted by molar-refractivity contribution is -0.124. The highest BCUT2D eigenvalue weighted by Gasteiger charge is 2.27. The fourth-order valence-corrected chi connectivity index (χ4v) is 3.47. The molecule has 0 radical (unpaired) electrons. The number of nitrogens with zero attached hydrogens (tertiary/aromatic N) is 4. The van der Waals surface area contributed by atoms with E-state index in [1.165, 1.54) is 41.3 Å². The highest BCUT2D eigenvalue weighted by Crippen LogP contribution is 2.19. The van der Waals surface area contributed by atoms with Gasteiger partial charge in [-0.05, 0) is 6.42 Å². The summed E-state index contributed by atoms with van der Waals surface area (Å²) in [6.07, 6.45) is 1.95. The molecule has 0 aliphatic carbocycles. The third-order valence-electron chi connectivity index (χ3n) is 3.80. The zero-order chi connectivity index (χ0) is 16.7. The SMILES string of the molecule is Cn1c(=O)c2c(ncn2CC(=O)N[C@@H]2CCSC2=O)n(C)c1=O. The van der Waals surface area contributed by atoms with Crippen LogP contribution in [-0.4, -0.2) is 41.5 Å². The number of carbonyl (C=O) groups excluding carboxylic acids is 2. The highest BCUT2D eigenvalue weighted by atomic mass is 32.2. The Bertz CT molecular complexity index is 925. The fraction of sp³-hybridized carbons (Fsp3) is 0.462. The molecule has 0 saturated carbocycles. The second-order valence-corrected chi connectivity index (χ2v) is 6.43. The number of hydrogen-bond acceptors (Lipinski definition) is 6. The van der Waals surface area contributed by atoms with Gasteiger partial charge in [-0.3, -0.25) is 23.5 Å². The number of fused-ring (bicyclic) bond motifs is 1. The zero-order valence-electron chi connectivity index (χ0n) is 12.6. The number of imidazole rings is 1. The van der Waals surface area contributed by atoms with Crippen LogP contribution in [0.15, 0.2) is 15.9 Å². The summed E-state index contributed by atoms with van der Waals surface area (Å²) >= 11 is 1.20. The van der Waals surface area contributed by atoms with Gasteiger partial charge in [0.15, 0.2) is 11.2 Å². The first-order chi connectivity index (χ1) is 10.9. The number of rotatable bonds is 3. The van der Waals surface area contributed by atoms with E-state index >= 15 is 0 Å². The van der Waals surface area contributed by atoms with Gasteiger partial charge in [0.2, 0.25) is 11.0 Å². The quantitative estimate of drug-likeness (QED) is 0.737. The minimum Gasteiger partial charge on any atom is -0.344 e. The van der Waals surface area contributed by atoms with E-state index in [2.05, 4.69) is 10.3 Å². The van der Waals surface area contributed by atoms with Gasteiger partial charge in [0, 0.05) is 19.8 Å². The Morgan fingerprint density at radius 2 is 2.09 bits per heavy atom. The summed E-state index contributed by atoms with van der Waals surface area (Å²) < 4.78 is 3.61. The maximum Gasteiger partial charge on any atom is 0.332 e. The predicted molar refractivity (Wildman–Crippen MR) is 84.2 cm³/mol. The Kier molecular flexibility index (Phi) is 3.84. The molecule has 9 nitrogen and oxygen atoms in total. The van der Waals surface area contributed by atoms with Gasteiger partial charge in [0.25, 0.3) is 5.56 Å². The van der Waals surface area contributed by atoms with Gasteiger partial charge < -0.3 is 9.88 Å². The predicted octanol–water partition coefficient (Wildman–Crippen LogP) is -1.42. The first kappa shape index (κ1) is 15.5. The standard InChI is InChI=1S/C13H15N5O4S/c1-16-10-9(11(20)17(2)13(16)22)18(6-14-10)5-8(19)15-7-3-4-23-12(7)21/h6-7H,3-5H2,1-2H3,(H,15,19)/t7-/m1/s1. The van der Waals surface area contributed by atoms with E-state index < -0.39 is 17.3 Å². The van der Waals surface area contributed by atoms with Crippen molar-refractivity contribution in [2.75, 3.05) is 5.75 Å². The van der Waals surface area contributed by atoms with Crippen LogP contribution in [-0.2, 0) is 30.2 Å². The molecule has 1 amide bonds. The van der Waals surface area contributed by atoms with Crippen LogP contribution in [0.25, 0.3) is 11.2 Å². The Labute approximate surface area is 134 Å². The summed E-state index contributed by atoms with van der Waals surface area (Å²) in [5.41, 5.74) is -0.595. The molecule has 23 heavy (non-hydrogen) atoms. The molecule has 2 aromatic heterocycles. The largest absolute Gasteiger partial charge is 0.344 e. The van der Waals surface area contributed by atoms with Gasteiger partial charge in [-0.1, -0.05) is 11.8 Å². The smallest absolute Gasteiger partial charge is 0.332 e. The average molecular weight is 337 g/mol. The van der Waals surface area contributed by atoms with E-state index in [-0.39, 0.29) is 28.7 Å². The third-order valence-corrected chi connectivity index (χ3v) is 4.81. The first-order valence-electron chi connectivity index (χ1n) is 6.97. The second-order valence-electron chi connectivity index (χ2n) is 5.33. The number of aryl methyl sites for hydroxylation is 1. The van der Waals surface area contributed by atoms with Crippen molar-refractivity contribution < 1.29 is 9.59 Å². The summed E-state index contributed by atoms with van der Waals surface area (Å²) in [7, 11) is 2.88. The average Bonchev–Trinajstić information content (AvgIpc) is 3.10. The second kappa shape index (κ2) is 5.69. The van der Waals surface area contributed by atoms with E-state index in [4.69, 9.17) is 0 Å². The fourth-order valence-electron chi connectivity index (χ4n) is 2.54. The molecule has 1 fully saturated rings. The van der Waals surface area contributed by atoms with E-state index in [9.17, 15) is 19.2 Å². The molecule has 2 aromatic rings. The van der Waals surface area contributed by atoms with Gasteiger partial charge in [0.05, 0.1) is 12.4 Å². The van der Waals surface area contributed by atoms with Crippen molar-refractivity contribution in [3.05, 3.63) is 27.2 Å². The minimum atomic E-state index is -0.513. The lowest BCUT2D eigenvalue weighted by atomic mass is 10.2. The first-order valence-corrected chi connectivity index (χ1v) is 7.95. The normalized spacial score (nSPS) is 17.8. The monoisotopic (exact) mass is 337 g/mol.